The van der Waals surface area contributed by atoms with E-state index < -0.39 is 29.2 Å². The molecule has 0 atom stereocenters. The molecule has 0 saturated heterocycles. The molecule has 0 unspecified atom stereocenters. The highest BCUT2D eigenvalue weighted by Gasteiger charge is 2.51. The van der Waals surface area contributed by atoms with Crippen LogP contribution in [0.4, 0.5) is 33.9 Å². The minimum absolute atomic E-state index is 0.102. The van der Waals surface area contributed by atoms with E-state index in [1.807, 2.05) is 0 Å². The summed E-state index contributed by atoms with van der Waals surface area (Å²) in [6.07, 6.45) is -4.55. The number of benzene rings is 1. The van der Waals surface area contributed by atoms with Crippen LogP contribution in [0.15, 0.2) is 33.3 Å². The quantitative estimate of drug-likeness (QED) is 0.696. The number of hydrogen-bond donors (Lipinski definition) is 2. The van der Waals surface area contributed by atoms with Gasteiger partial charge in [0, 0.05) is 10.5 Å². The summed E-state index contributed by atoms with van der Waals surface area (Å²) in [5.74, 6) is -1.36. The van der Waals surface area contributed by atoms with Crippen molar-refractivity contribution in [1.82, 2.24) is 5.16 Å². The van der Waals surface area contributed by atoms with Crippen LogP contribution in [0.3, 0.4) is 0 Å². The molecule has 24 heavy (non-hydrogen) atoms. The molecule has 0 aliphatic rings. The van der Waals surface area contributed by atoms with Crippen molar-refractivity contribution in [2.45, 2.75) is 25.4 Å². The molecule has 0 spiro atoms. The van der Waals surface area contributed by atoms with Crippen molar-refractivity contribution in [3.05, 3.63) is 40.3 Å². The molecule has 2 rings (SSSR count). The second kappa shape index (κ2) is 6.42. The zero-order chi connectivity index (χ0) is 18.1. The lowest BCUT2D eigenvalue weighted by Gasteiger charge is -2.24. The largest absolute Gasteiger partial charge is 0.401 e. The Kier molecular flexibility index (Phi) is 4.88. The maximum absolute atomic E-state index is 13.6. The minimum Gasteiger partial charge on any atom is -0.358 e. The molecule has 1 aromatic heterocycles. The second-order valence-electron chi connectivity index (χ2n) is 5.40. The van der Waals surface area contributed by atoms with E-state index in [0.717, 1.165) is 26.0 Å². The fourth-order valence-electron chi connectivity index (χ4n) is 1.63. The Balaban J connectivity index is 2.08. The SMILES string of the molecule is CC(C)(c1cc(NC(=O)Nc2ccc(Br)cc2F)no1)C(F)(F)F. The molecule has 0 aliphatic carbocycles. The number of urea groups is 1. The zero-order valence-corrected chi connectivity index (χ0v) is 14.0. The van der Waals surface area contributed by atoms with E-state index in [0.29, 0.717) is 4.47 Å². The van der Waals surface area contributed by atoms with Gasteiger partial charge in [-0.3, -0.25) is 5.32 Å². The third-order valence-corrected chi connectivity index (χ3v) is 3.75. The van der Waals surface area contributed by atoms with Crippen molar-refractivity contribution in [2.24, 2.45) is 0 Å². The van der Waals surface area contributed by atoms with Crippen LogP contribution in [-0.4, -0.2) is 17.4 Å². The third kappa shape index (κ3) is 3.86. The summed E-state index contributed by atoms with van der Waals surface area (Å²) in [7, 11) is 0. The smallest absolute Gasteiger partial charge is 0.358 e. The predicted octanol–water partition coefficient (Wildman–Crippen LogP) is 5.06. The Hall–Kier alpha value is -2.10. The highest BCUT2D eigenvalue weighted by Crippen LogP contribution is 2.41. The first kappa shape index (κ1) is 18.2. The van der Waals surface area contributed by atoms with Gasteiger partial charge in [0.1, 0.15) is 11.2 Å². The molecule has 2 aromatic rings. The van der Waals surface area contributed by atoms with Crippen molar-refractivity contribution < 1.29 is 26.9 Å². The van der Waals surface area contributed by atoms with Crippen LogP contribution in [0.2, 0.25) is 0 Å². The molecule has 2 N–H and O–H groups in total. The lowest BCUT2D eigenvalue weighted by molar-refractivity contribution is -0.185. The fourth-order valence-corrected chi connectivity index (χ4v) is 1.96. The van der Waals surface area contributed by atoms with E-state index in [9.17, 15) is 22.4 Å². The Morgan fingerprint density at radius 2 is 1.88 bits per heavy atom. The van der Waals surface area contributed by atoms with Gasteiger partial charge in [0.25, 0.3) is 0 Å². The molecule has 10 heteroatoms. The van der Waals surface area contributed by atoms with E-state index >= 15 is 0 Å². The zero-order valence-electron chi connectivity index (χ0n) is 12.5. The van der Waals surface area contributed by atoms with Gasteiger partial charge in [0.05, 0.1) is 5.69 Å². The number of anilines is 2. The van der Waals surface area contributed by atoms with Gasteiger partial charge >= 0.3 is 12.2 Å². The highest BCUT2D eigenvalue weighted by molar-refractivity contribution is 9.10. The lowest BCUT2D eigenvalue weighted by atomic mass is 9.89. The molecule has 0 bridgehead atoms. The maximum Gasteiger partial charge on any atom is 0.401 e. The number of rotatable bonds is 3. The van der Waals surface area contributed by atoms with Crippen LogP contribution in [0, 0.1) is 5.82 Å². The summed E-state index contributed by atoms with van der Waals surface area (Å²) >= 11 is 3.07. The van der Waals surface area contributed by atoms with Gasteiger partial charge in [-0.05, 0) is 32.0 Å². The van der Waals surface area contributed by atoms with Gasteiger partial charge in [-0.15, -0.1) is 0 Å². The second-order valence-corrected chi connectivity index (χ2v) is 6.32. The number of amides is 2. The molecule has 0 aliphatic heterocycles. The number of carbonyl (C=O) groups excluding carboxylic acids is 1. The van der Waals surface area contributed by atoms with Crippen LogP contribution in [-0.2, 0) is 5.41 Å². The van der Waals surface area contributed by atoms with Crippen molar-refractivity contribution in [3.8, 4) is 0 Å². The number of carbonyl (C=O) groups is 1. The number of nitrogens with zero attached hydrogens (tertiary/aromatic N) is 1. The van der Waals surface area contributed by atoms with E-state index in [1.165, 1.54) is 12.1 Å². The summed E-state index contributed by atoms with van der Waals surface area (Å²) < 4.78 is 57.5. The molecule has 0 saturated carbocycles. The van der Waals surface area contributed by atoms with E-state index in [2.05, 4.69) is 36.2 Å². The van der Waals surface area contributed by atoms with Gasteiger partial charge in [0.15, 0.2) is 11.6 Å². The minimum atomic E-state index is -4.55. The fraction of sp³-hybridized carbons (Fsp3) is 0.286. The first-order chi connectivity index (χ1) is 11.0. The summed E-state index contributed by atoms with van der Waals surface area (Å²) in [5.41, 5.74) is -2.37. The number of aromatic nitrogens is 1. The Labute approximate surface area is 142 Å². The average molecular weight is 410 g/mol. The molecular formula is C14H12BrF4N3O2. The van der Waals surface area contributed by atoms with Crippen molar-refractivity contribution in [3.63, 3.8) is 0 Å². The van der Waals surface area contributed by atoms with Crippen LogP contribution < -0.4 is 10.6 Å². The van der Waals surface area contributed by atoms with Gasteiger partial charge in [0.2, 0.25) is 0 Å². The van der Waals surface area contributed by atoms with E-state index in [-0.39, 0.29) is 11.5 Å². The van der Waals surface area contributed by atoms with Crippen molar-refractivity contribution in [2.75, 3.05) is 10.6 Å². The van der Waals surface area contributed by atoms with Crippen molar-refractivity contribution in [1.29, 1.82) is 0 Å². The summed E-state index contributed by atoms with van der Waals surface area (Å²) in [6.45, 7) is 1.85. The number of alkyl halides is 3. The summed E-state index contributed by atoms with van der Waals surface area (Å²) in [5, 5.41) is 7.76. The van der Waals surface area contributed by atoms with Crippen LogP contribution in [0.5, 0.6) is 0 Å². The number of hydrogen-bond acceptors (Lipinski definition) is 3. The molecule has 5 nitrogen and oxygen atoms in total. The molecule has 0 radical (unpaired) electrons. The van der Waals surface area contributed by atoms with Gasteiger partial charge < -0.3 is 9.84 Å². The molecule has 1 aromatic carbocycles. The molecule has 0 fully saturated rings. The lowest BCUT2D eigenvalue weighted by Crippen LogP contribution is -2.35. The van der Waals surface area contributed by atoms with E-state index in [4.69, 9.17) is 0 Å². The van der Waals surface area contributed by atoms with Crippen LogP contribution >= 0.6 is 15.9 Å². The summed E-state index contributed by atoms with van der Waals surface area (Å²) in [4.78, 5) is 11.8. The Morgan fingerprint density at radius 3 is 2.46 bits per heavy atom. The van der Waals surface area contributed by atoms with Crippen molar-refractivity contribution >= 4 is 33.5 Å². The molecular weight excluding hydrogens is 398 g/mol. The first-order valence-corrected chi connectivity index (χ1v) is 7.37. The number of halogens is 5. The predicted molar refractivity (Wildman–Crippen MR) is 82.3 cm³/mol. The highest BCUT2D eigenvalue weighted by atomic mass is 79.9. The third-order valence-electron chi connectivity index (χ3n) is 3.26. The average Bonchev–Trinajstić information content (AvgIpc) is 2.89. The normalized spacial score (nSPS) is 12.1. The van der Waals surface area contributed by atoms with Gasteiger partial charge in [-0.1, -0.05) is 21.1 Å². The standard InChI is InChI=1S/C14H12BrF4N3O2/c1-13(2,14(17,18)19)10-6-11(22-24-10)21-12(23)20-9-4-3-7(15)5-8(9)16/h3-6H,1-2H3,(H2,20,21,22,23). The van der Waals surface area contributed by atoms with Gasteiger partial charge in [-0.2, -0.15) is 13.2 Å². The van der Waals surface area contributed by atoms with Crippen LogP contribution in [0.1, 0.15) is 19.6 Å². The first-order valence-electron chi connectivity index (χ1n) is 6.57. The molecule has 1 heterocycles. The van der Waals surface area contributed by atoms with Crippen LogP contribution in [0.25, 0.3) is 0 Å². The Morgan fingerprint density at radius 1 is 1.21 bits per heavy atom. The molecule has 2 amide bonds. The topological polar surface area (TPSA) is 67.2 Å². The number of nitrogens with one attached hydrogen (secondary N) is 2. The molecule has 130 valence electrons. The monoisotopic (exact) mass is 409 g/mol. The van der Waals surface area contributed by atoms with Gasteiger partial charge in [-0.25, -0.2) is 9.18 Å². The summed E-state index contributed by atoms with van der Waals surface area (Å²) in [6, 6.07) is 4.07. The maximum atomic E-state index is 13.6. The van der Waals surface area contributed by atoms with E-state index in [1.54, 1.807) is 0 Å². The Bertz CT molecular complexity index is 759.